The first-order chi connectivity index (χ1) is 22.7. The molecule has 0 radical (unpaired) electrons. The normalized spacial score (nSPS) is 20.6. The van der Waals surface area contributed by atoms with E-state index in [0.717, 1.165) is 24.1 Å². The molecule has 0 bridgehead atoms. The number of carbonyl (C=O) groups excluding carboxylic acids is 3. The van der Waals surface area contributed by atoms with Crippen molar-refractivity contribution in [3.8, 4) is 5.75 Å². The van der Waals surface area contributed by atoms with Gasteiger partial charge in [0.2, 0.25) is 11.8 Å². The van der Waals surface area contributed by atoms with E-state index in [0.29, 0.717) is 50.1 Å². The first kappa shape index (κ1) is 35.7. The van der Waals surface area contributed by atoms with Crippen molar-refractivity contribution in [1.29, 1.82) is 0 Å². The highest BCUT2D eigenvalue weighted by Gasteiger charge is 2.45. The lowest BCUT2D eigenvalue weighted by atomic mass is 9.79. The number of likely N-dealkylation sites (tertiary alicyclic amines) is 1. The van der Waals surface area contributed by atoms with Gasteiger partial charge in [-0.2, -0.15) is 13.2 Å². The van der Waals surface area contributed by atoms with Gasteiger partial charge in [0.25, 0.3) is 0 Å². The molecule has 3 unspecified atom stereocenters. The number of fused-ring (bicyclic) bond motifs is 1. The summed E-state index contributed by atoms with van der Waals surface area (Å²) in [6, 6.07) is 11.5. The number of nitrogens with zero attached hydrogens (tertiary/aromatic N) is 3. The highest BCUT2D eigenvalue weighted by atomic mass is 32.2. The zero-order valence-corrected chi connectivity index (χ0v) is 28.4. The Labute approximate surface area is 281 Å². The van der Waals surface area contributed by atoms with Gasteiger partial charge in [-0.25, -0.2) is 9.00 Å². The topological polar surface area (TPSA) is 106 Å². The Morgan fingerprint density at radius 3 is 2.46 bits per heavy atom. The molecule has 1 saturated heterocycles. The molecular formula is C34H42F3N3O7S. The van der Waals surface area contributed by atoms with Gasteiger partial charge in [-0.3, -0.25) is 9.59 Å². The molecule has 10 nitrogen and oxygen atoms in total. The predicted molar refractivity (Wildman–Crippen MR) is 174 cm³/mol. The highest BCUT2D eigenvalue weighted by Crippen LogP contribution is 2.42. The van der Waals surface area contributed by atoms with Gasteiger partial charge in [-0.15, -0.1) is 0 Å². The summed E-state index contributed by atoms with van der Waals surface area (Å²) in [5, 5.41) is 0. The molecule has 2 aromatic carbocycles. The molecule has 0 N–H and O–H groups in total. The minimum Gasteiger partial charge on any atom is -0.444 e. The summed E-state index contributed by atoms with van der Waals surface area (Å²) >= 11 is -3.56. The third kappa shape index (κ3) is 8.49. The number of methoxy groups -OCH3 is 1. The molecule has 3 atom stereocenters. The van der Waals surface area contributed by atoms with Crippen molar-refractivity contribution >= 4 is 40.4 Å². The van der Waals surface area contributed by atoms with Crippen LogP contribution in [0.3, 0.4) is 0 Å². The van der Waals surface area contributed by atoms with E-state index in [4.69, 9.17) is 13.7 Å². The van der Waals surface area contributed by atoms with Crippen LogP contribution in [0.5, 0.6) is 5.75 Å². The van der Waals surface area contributed by atoms with E-state index in [1.165, 1.54) is 23.1 Å². The predicted octanol–water partition coefficient (Wildman–Crippen LogP) is 6.10. The minimum atomic E-state index is -5.06. The first-order valence-corrected chi connectivity index (χ1v) is 17.2. The molecule has 2 heterocycles. The number of halogens is 3. The second-order valence-electron chi connectivity index (χ2n) is 13.4. The maximum atomic E-state index is 14.8. The summed E-state index contributed by atoms with van der Waals surface area (Å²) < 4.78 is 66.2. The fourth-order valence-electron chi connectivity index (χ4n) is 6.34. The van der Waals surface area contributed by atoms with E-state index >= 15 is 0 Å². The van der Waals surface area contributed by atoms with Crippen LogP contribution in [0.25, 0.3) is 0 Å². The molecule has 48 heavy (non-hydrogen) atoms. The van der Waals surface area contributed by atoms with Crippen molar-refractivity contribution in [1.82, 2.24) is 4.90 Å². The number of benzene rings is 2. The summed E-state index contributed by atoms with van der Waals surface area (Å²) in [5.41, 5.74) is -2.88. The number of carbonyl (C=O) groups is 3. The lowest BCUT2D eigenvalue weighted by Gasteiger charge is -2.41. The molecule has 2 aliphatic heterocycles. The largest absolute Gasteiger partial charge is 0.508 e. The fourth-order valence-corrected chi connectivity index (χ4v) is 6.72. The summed E-state index contributed by atoms with van der Waals surface area (Å²) in [6.07, 6.45) is 2.96. The van der Waals surface area contributed by atoms with E-state index in [9.17, 15) is 31.8 Å². The Balaban J connectivity index is 1.49. The number of hydrogen-bond acceptors (Lipinski definition) is 7. The third-order valence-electron chi connectivity index (χ3n) is 8.66. The van der Waals surface area contributed by atoms with E-state index < -0.39 is 40.1 Å². The van der Waals surface area contributed by atoms with Crippen LogP contribution in [-0.2, 0) is 36.6 Å². The van der Waals surface area contributed by atoms with Crippen LogP contribution in [0.1, 0.15) is 69.9 Å². The van der Waals surface area contributed by atoms with Crippen LogP contribution >= 0.6 is 0 Å². The zero-order valence-electron chi connectivity index (χ0n) is 27.6. The monoisotopic (exact) mass is 693 g/mol. The van der Waals surface area contributed by atoms with Gasteiger partial charge in [0, 0.05) is 57.2 Å². The van der Waals surface area contributed by atoms with Crippen LogP contribution in [0.4, 0.5) is 29.3 Å². The summed E-state index contributed by atoms with van der Waals surface area (Å²) in [5.74, 6) is -1.76. The Morgan fingerprint density at radius 1 is 1.04 bits per heavy atom. The summed E-state index contributed by atoms with van der Waals surface area (Å²) in [6.45, 7) is 6.52. The van der Waals surface area contributed by atoms with E-state index in [-0.39, 0.29) is 36.7 Å². The molecule has 262 valence electrons. The highest BCUT2D eigenvalue weighted by molar-refractivity contribution is 7.81. The second-order valence-corrected chi connectivity index (χ2v) is 14.5. The lowest BCUT2D eigenvalue weighted by Crippen LogP contribution is -2.51. The number of ether oxygens (including phenoxy) is 2. The van der Waals surface area contributed by atoms with E-state index in [2.05, 4.69) is 0 Å². The van der Waals surface area contributed by atoms with Gasteiger partial charge in [-0.1, -0.05) is 18.2 Å². The van der Waals surface area contributed by atoms with Crippen molar-refractivity contribution < 1.29 is 45.4 Å². The Kier molecular flexibility index (Phi) is 10.7. The Morgan fingerprint density at radius 2 is 1.79 bits per heavy atom. The molecule has 14 heteroatoms. The number of aryl methyl sites for hydroxylation is 1. The fraction of sp³-hybridized carbons (Fsp3) is 0.559. The number of piperidine rings is 1. The lowest BCUT2D eigenvalue weighted by molar-refractivity contribution is -0.124. The Hall–Kier alpha value is -3.65. The SMILES string of the molecule is COCCCN1C(=O)CCc2ccc(N(C(=O)C3CN(C(=O)OC(C)(C)C)CCC3c3cccc(OS(=O)C(F)(F)F)c3)C3CC3)cc21. The van der Waals surface area contributed by atoms with Crippen molar-refractivity contribution in [3.63, 3.8) is 0 Å². The number of alkyl halides is 3. The van der Waals surface area contributed by atoms with Crippen LogP contribution in [-0.4, -0.2) is 77.5 Å². The smallest absolute Gasteiger partial charge is 0.444 e. The van der Waals surface area contributed by atoms with Gasteiger partial charge in [0.1, 0.15) is 11.4 Å². The Bertz CT molecular complexity index is 1540. The van der Waals surface area contributed by atoms with Crippen molar-refractivity contribution in [2.75, 3.05) is 43.2 Å². The van der Waals surface area contributed by atoms with E-state index in [1.54, 1.807) is 43.7 Å². The van der Waals surface area contributed by atoms with E-state index in [1.807, 2.05) is 18.2 Å². The molecule has 0 spiro atoms. The first-order valence-electron chi connectivity index (χ1n) is 16.2. The quantitative estimate of drug-likeness (QED) is 0.277. The minimum absolute atomic E-state index is 0.00829. The molecule has 5 rings (SSSR count). The maximum Gasteiger partial charge on any atom is 0.508 e. The van der Waals surface area contributed by atoms with Crippen LogP contribution in [0.15, 0.2) is 42.5 Å². The molecular weight excluding hydrogens is 651 g/mol. The second kappa shape index (κ2) is 14.5. The van der Waals surface area contributed by atoms with Crippen molar-refractivity contribution in [2.24, 2.45) is 5.92 Å². The van der Waals surface area contributed by atoms with Gasteiger partial charge in [0.05, 0.1) is 5.92 Å². The van der Waals surface area contributed by atoms with Gasteiger partial charge in [0.15, 0.2) is 0 Å². The average molecular weight is 694 g/mol. The summed E-state index contributed by atoms with van der Waals surface area (Å²) in [4.78, 5) is 45.9. The molecule has 2 fully saturated rings. The van der Waals surface area contributed by atoms with Crippen molar-refractivity contribution in [2.45, 2.75) is 82.4 Å². The van der Waals surface area contributed by atoms with Crippen LogP contribution < -0.4 is 14.0 Å². The standard InChI is InChI=1S/C34H42F3N3O7S/c1-33(2,3)46-32(43)38-17-15-27(23-7-5-8-26(19-23)47-48(44)34(35,36)37)28(21-38)31(42)40(24-12-13-24)25-11-9-22-10-14-30(41)39(29(22)20-25)16-6-18-45-4/h5,7-9,11,19-20,24,27-28H,6,10,12-18,21H2,1-4H3. The maximum absolute atomic E-state index is 14.8. The molecule has 0 aromatic heterocycles. The molecule has 3 aliphatic rings. The molecule has 2 aromatic rings. The number of anilines is 2. The number of rotatable bonds is 10. The zero-order chi connectivity index (χ0) is 34.8. The number of hydrogen-bond donors (Lipinski definition) is 0. The van der Waals surface area contributed by atoms with Gasteiger partial charge in [-0.05, 0) is 94.2 Å². The average Bonchev–Trinajstić information content (AvgIpc) is 3.86. The van der Waals surface area contributed by atoms with Crippen LogP contribution in [0, 0.1) is 5.92 Å². The molecule has 1 aliphatic carbocycles. The van der Waals surface area contributed by atoms with Crippen molar-refractivity contribution in [3.05, 3.63) is 53.6 Å². The number of amides is 3. The van der Waals surface area contributed by atoms with Gasteiger partial charge >= 0.3 is 22.7 Å². The molecule has 1 saturated carbocycles. The summed E-state index contributed by atoms with van der Waals surface area (Å²) in [7, 11) is 1.61. The third-order valence-corrected chi connectivity index (χ3v) is 9.38. The molecule has 3 amide bonds. The van der Waals surface area contributed by atoms with Gasteiger partial charge < -0.3 is 28.4 Å². The van der Waals surface area contributed by atoms with Crippen LogP contribution in [0.2, 0.25) is 0 Å².